The fourth-order valence-electron chi connectivity index (χ4n) is 7.20. The molecule has 0 amide bonds. The summed E-state index contributed by atoms with van der Waals surface area (Å²) in [5.74, 6) is 5.42. The quantitative estimate of drug-likeness (QED) is 0.228. The van der Waals surface area contributed by atoms with Crippen molar-refractivity contribution in [3.05, 3.63) is 88.6 Å². The predicted octanol–water partition coefficient (Wildman–Crippen LogP) is 10.4. The summed E-state index contributed by atoms with van der Waals surface area (Å²) in [5, 5.41) is 0. The Balaban J connectivity index is 0.000000211. The van der Waals surface area contributed by atoms with E-state index in [1.807, 2.05) is 6.56 Å². The van der Waals surface area contributed by atoms with Crippen LogP contribution in [0.2, 0.25) is 30.9 Å². The van der Waals surface area contributed by atoms with Crippen LogP contribution in [-0.2, 0) is 40.2 Å². The molecule has 0 bridgehead atoms. The van der Waals surface area contributed by atoms with Gasteiger partial charge in [0.1, 0.15) is 0 Å². The molecular formula is C34H54GeSiZr2. The fourth-order valence-corrected chi connectivity index (χ4v) is 72.7. The van der Waals surface area contributed by atoms with Crippen LogP contribution in [0.15, 0.2) is 88.6 Å². The third-order valence-electron chi connectivity index (χ3n) is 9.61. The van der Waals surface area contributed by atoms with Crippen molar-refractivity contribution in [1.82, 2.24) is 0 Å². The Morgan fingerprint density at radius 2 is 1.53 bits per heavy atom. The molecule has 4 aliphatic carbocycles. The molecule has 0 radical (unpaired) electrons. The van der Waals surface area contributed by atoms with Crippen LogP contribution in [0.25, 0.3) is 0 Å². The van der Waals surface area contributed by atoms with Crippen LogP contribution in [0.3, 0.4) is 0 Å². The molecule has 206 valence electrons. The fraction of sp³-hybridized carbons (Fsp3) is 0.529. The van der Waals surface area contributed by atoms with Crippen LogP contribution in [-0.4, -0.2) is 16.5 Å². The van der Waals surface area contributed by atoms with E-state index < -0.39 is 56.6 Å². The summed E-state index contributed by atoms with van der Waals surface area (Å²) in [7, 11) is -1.05. The molecule has 0 saturated heterocycles. The maximum atomic E-state index is 2.64. The normalized spacial score (nSPS) is 26.4. The molecule has 4 heteroatoms. The standard InChI is InChI=1S/C9H13.C8H11.C7H9.C6H7.C2H7Ge.C2H7Si.2Zr/c1-6-5-7(2)9(4)8(6)3;1-7(2)8-5-3-4-6-8;1-6-4-3-5-7(6)2;1-6-4-2-3-5-6;2*1-3-2;;/h5H,1-4H3;5-7H,3H2,1-2H3;3-5H,1-2H3;4-5H,2H2,1H3;2*3H,1-2H3;;. The Bertz CT molecular complexity index is 1190. The third kappa shape index (κ3) is 6.74. The van der Waals surface area contributed by atoms with Gasteiger partial charge < -0.3 is 0 Å². The van der Waals surface area contributed by atoms with Crippen molar-refractivity contribution >= 4 is 16.5 Å². The molecule has 0 nitrogen and oxygen atoms in total. The van der Waals surface area contributed by atoms with Crippen LogP contribution in [0.1, 0.15) is 75.2 Å². The van der Waals surface area contributed by atoms with E-state index in [1.165, 1.54) is 24.0 Å². The third-order valence-corrected chi connectivity index (χ3v) is 67.5. The van der Waals surface area contributed by atoms with Crippen LogP contribution < -0.4 is 0 Å². The zero-order valence-electron chi connectivity index (χ0n) is 26.8. The van der Waals surface area contributed by atoms with Crippen molar-refractivity contribution in [3.8, 4) is 0 Å². The minimum absolute atomic E-state index is 0.459. The molecule has 4 rings (SSSR count). The van der Waals surface area contributed by atoms with Gasteiger partial charge in [-0.25, -0.2) is 0 Å². The Morgan fingerprint density at radius 3 is 1.92 bits per heavy atom. The SMILES string of the molecule is CC1=CC=C[C]1(C)[Zr]([C]1=CC(C(C)C)=CC1)[GeH]([CH3])[CH3].CC1=CC[C]([Zr]([SiH](C)C)[C]2(C)C=C(C)C(C)=C2C)=C1. The van der Waals surface area contributed by atoms with Crippen molar-refractivity contribution in [1.29, 1.82) is 0 Å². The first-order valence-corrected chi connectivity index (χ1v) is 40.4. The number of hydrogen-bond acceptors (Lipinski definition) is 0. The Labute approximate surface area is 254 Å². The first kappa shape index (κ1) is 33.0. The van der Waals surface area contributed by atoms with E-state index in [1.54, 1.807) is 22.3 Å². The van der Waals surface area contributed by atoms with Gasteiger partial charge in [-0.3, -0.25) is 0 Å². The Hall–Kier alpha value is 0.446. The monoisotopic (exact) mass is 744 g/mol. The van der Waals surface area contributed by atoms with Crippen molar-refractivity contribution < 1.29 is 40.2 Å². The minimum atomic E-state index is -1.57. The Morgan fingerprint density at radius 1 is 0.895 bits per heavy atom. The van der Waals surface area contributed by atoms with Gasteiger partial charge in [0.25, 0.3) is 0 Å². The second-order valence-corrected chi connectivity index (χ2v) is 66.7. The summed E-state index contributed by atoms with van der Waals surface area (Å²) < 4.78 is 4.73. The summed E-state index contributed by atoms with van der Waals surface area (Å²) in [6, 6.07) is 0. The number of hydrogen-bond donors (Lipinski definition) is 0. The molecule has 0 fully saturated rings. The molecular weight excluding hydrogens is 692 g/mol. The van der Waals surface area contributed by atoms with Gasteiger partial charge in [-0.1, -0.05) is 0 Å². The summed E-state index contributed by atoms with van der Waals surface area (Å²) in [6.45, 7) is 26.6. The molecule has 2 unspecified atom stereocenters. The van der Waals surface area contributed by atoms with Crippen molar-refractivity contribution in [2.75, 3.05) is 0 Å². The molecule has 0 aliphatic heterocycles. The van der Waals surface area contributed by atoms with E-state index in [9.17, 15) is 0 Å². The van der Waals surface area contributed by atoms with Crippen LogP contribution in [0, 0.1) is 5.92 Å². The molecule has 0 aromatic heterocycles. The first-order valence-electron chi connectivity index (χ1n) is 14.9. The molecule has 0 aromatic carbocycles. The zero-order chi connectivity index (χ0) is 28.6. The van der Waals surface area contributed by atoms with Crippen molar-refractivity contribution in [2.24, 2.45) is 5.92 Å². The van der Waals surface area contributed by atoms with Gasteiger partial charge in [0.2, 0.25) is 0 Å². The second kappa shape index (κ2) is 13.2. The van der Waals surface area contributed by atoms with Gasteiger partial charge in [-0.2, -0.15) is 0 Å². The van der Waals surface area contributed by atoms with E-state index >= 15 is 0 Å². The molecule has 0 N–H and O–H groups in total. The van der Waals surface area contributed by atoms with E-state index in [-0.39, 0.29) is 0 Å². The molecule has 0 heterocycles. The average Bonchev–Trinajstić information content (AvgIpc) is 3.57. The van der Waals surface area contributed by atoms with Crippen molar-refractivity contribution in [3.63, 3.8) is 0 Å². The summed E-state index contributed by atoms with van der Waals surface area (Å²) in [6.07, 6.45) is 22.5. The van der Waals surface area contributed by atoms with Gasteiger partial charge in [0, 0.05) is 0 Å². The van der Waals surface area contributed by atoms with Crippen LogP contribution >= 0.6 is 0 Å². The van der Waals surface area contributed by atoms with E-state index in [2.05, 4.69) is 136 Å². The summed E-state index contributed by atoms with van der Waals surface area (Å²) in [5.41, 5.74) is 9.53. The summed E-state index contributed by atoms with van der Waals surface area (Å²) >= 11 is -3.07. The predicted molar refractivity (Wildman–Crippen MR) is 172 cm³/mol. The van der Waals surface area contributed by atoms with Crippen LogP contribution in [0.4, 0.5) is 0 Å². The zero-order valence-corrected chi connectivity index (χ0v) is 35.3. The molecule has 2 atom stereocenters. The van der Waals surface area contributed by atoms with Gasteiger partial charge in [-0.15, -0.1) is 0 Å². The second-order valence-electron chi connectivity index (χ2n) is 13.4. The van der Waals surface area contributed by atoms with E-state index in [4.69, 9.17) is 0 Å². The average molecular weight is 746 g/mol. The maximum absolute atomic E-state index is 2.64. The van der Waals surface area contributed by atoms with Gasteiger partial charge in [0.15, 0.2) is 0 Å². The van der Waals surface area contributed by atoms with Gasteiger partial charge in [-0.05, 0) is 0 Å². The topological polar surface area (TPSA) is 0 Å². The molecule has 0 spiro atoms. The van der Waals surface area contributed by atoms with Gasteiger partial charge >= 0.3 is 257 Å². The van der Waals surface area contributed by atoms with Crippen LogP contribution in [0.5, 0.6) is 0 Å². The summed E-state index contributed by atoms with van der Waals surface area (Å²) in [4.78, 5) is 0. The van der Waals surface area contributed by atoms with E-state index in [0.717, 1.165) is 0 Å². The molecule has 4 aliphatic rings. The molecule has 0 saturated carbocycles. The van der Waals surface area contributed by atoms with E-state index in [0.29, 0.717) is 12.2 Å². The molecule has 38 heavy (non-hydrogen) atoms. The number of allylic oxidation sites excluding steroid dienone is 16. The molecule has 0 aromatic rings. The number of rotatable bonds is 7. The first-order chi connectivity index (χ1) is 17.6. The van der Waals surface area contributed by atoms with Gasteiger partial charge in [0.05, 0.1) is 0 Å². The Kier molecular flexibility index (Phi) is 11.4. The van der Waals surface area contributed by atoms with Crippen molar-refractivity contribution in [2.45, 2.75) is 106 Å².